The third-order valence-corrected chi connectivity index (χ3v) is 20.4. The molecular weight excluding hydrogens is 1280 g/mol. The van der Waals surface area contributed by atoms with E-state index in [1.807, 2.05) is 0 Å². The van der Waals surface area contributed by atoms with Crippen molar-refractivity contribution in [1.29, 1.82) is 0 Å². The van der Waals surface area contributed by atoms with Crippen LogP contribution < -0.4 is 0 Å². The molecule has 17 nitrogen and oxygen atoms in total. The first-order chi connectivity index (χ1) is 47.5. The maximum Gasteiger partial charge on any atom is 0.472 e. The molecule has 0 aromatic heterocycles. The minimum atomic E-state index is -4.96. The van der Waals surface area contributed by atoms with Crippen molar-refractivity contribution in [2.45, 2.75) is 438 Å². The SMILES string of the molecule is CCCCCCCCCCCCCCCCCCCCCCCC(=O)O[C@H](COC(=O)CCCCCCCCCCCCCCCCCCC)COP(=O)(O)OC[C@@H](O)COP(=O)(O)OC[C@@H](COC(=O)CCCCCCCCC)OC(=O)CCCCCCCCCCCCC(C)C. The summed E-state index contributed by atoms with van der Waals surface area (Å²) in [6.45, 7) is 7.26. The number of ether oxygens (including phenoxy) is 4. The van der Waals surface area contributed by atoms with E-state index in [9.17, 15) is 43.2 Å². The number of carbonyl (C=O) groups is 4. The molecule has 0 fully saturated rings. The number of aliphatic hydroxyl groups excluding tert-OH is 1. The average molecular weight is 1440 g/mol. The standard InChI is InChI=1S/C79H154O17P2/c1-6-9-12-15-18-20-22-24-26-28-29-30-31-33-35-37-39-44-49-54-59-64-78(83)96-75(69-90-77(82)63-58-53-48-43-38-36-34-32-27-25-23-21-19-16-13-10-7-2)71-94-98(87,88)92-67-73(80)66-91-97(85,86)93-70-74(68-89-76(81)62-57-52-46-17-14-11-8-3)95-79(84)65-60-55-50-45-41-40-42-47-51-56-61-72(4)5/h72-75,80H,6-71H2,1-5H3,(H,85,86)(H,87,88)/t73-,74+,75+/m0/s1. The summed E-state index contributed by atoms with van der Waals surface area (Å²) in [5, 5.41) is 10.6. The van der Waals surface area contributed by atoms with Gasteiger partial charge in [0.25, 0.3) is 0 Å². The Hall–Kier alpha value is -1.94. The smallest absolute Gasteiger partial charge is 0.462 e. The van der Waals surface area contributed by atoms with Crippen molar-refractivity contribution in [3.63, 3.8) is 0 Å². The molecule has 98 heavy (non-hydrogen) atoms. The Labute approximate surface area is 600 Å². The highest BCUT2D eigenvalue weighted by atomic mass is 31.2. The lowest BCUT2D eigenvalue weighted by molar-refractivity contribution is -0.161. The molecule has 0 saturated heterocycles. The minimum Gasteiger partial charge on any atom is -0.462 e. The predicted octanol–water partition coefficient (Wildman–Crippen LogP) is 23.6. The third kappa shape index (κ3) is 72.4. The molecule has 0 saturated carbocycles. The fourth-order valence-electron chi connectivity index (χ4n) is 12.2. The van der Waals surface area contributed by atoms with Crippen LogP contribution in [0.25, 0.3) is 0 Å². The van der Waals surface area contributed by atoms with Crippen LogP contribution in [0, 0.1) is 5.92 Å². The van der Waals surface area contributed by atoms with Crippen molar-refractivity contribution in [3.8, 4) is 0 Å². The molecule has 0 aromatic rings. The number of carbonyl (C=O) groups excluding carboxylic acids is 4. The first-order valence-electron chi connectivity index (χ1n) is 41.1. The highest BCUT2D eigenvalue weighted by Crippen LogP contribution is 2.45. The van der Waals surface area contributed by atoms with Gasteiger partial charge in [-0.1, -0.05) is 369 Å². The van der Waals surface area contributed by atoms with E-state index in [0.29, 0.717) is 25.7 Å². The van der Waals surface area contributed by atoms with Gasteiger partial charge in [0.05, 0.1) is 26.4 Å². The second kappa shape index (κ2) is 72.0. The maximum absolute atomic E-state index is 13.1. The first-order valence-corrected chi connectivity index (χ1v) is 44.1. The zero-order valence-electron chi connectivity index (χ0n) is 63.9. The number of aliphatic hydroxyl groups is 1. The molecule has 0 heterocycles. The Morgan fingerprint density at radius 1 is 0.276 bits per heavy atom. The van der Waals surface area contributed by atoms with E-state index < -0.39 is 97.5 Å². The zero-order chi connectivity index (χ0) is 71.9. The second-order valence-electron chi connectivity index (χ2n) is 28.9. The van der Waals surface area contributed by atoms with Crippen molar-refractivity contribution in [3.05, 3.63) is 0 Å². The molecule has 0 spiro atoms. The fourth-order valence-corrected chi connectivity index (χ4v) is 13.8. The molecule has 0 aromatic carbocycles. The number of phosphoric ester groups is 2. The monoisotopic (exact) mass is 1440 g/mol. The summed E-state index contributed by atoms with van der Waals surface area (Å²) >= 11 is 0. The molecule has 5 atom stereocenters. The molecule has 0 aliphatic carbocycles. The summed E-state index contributed by atoms with van der Waals surface area (Å²) in [7, 11) is -9.91. The number of unbranched alkanes of at least 4 members (excludes halogenated alkanes) is 51. The molecule has 0 radical (unpaired) electrons. The van der Waals surface area contributed by atoms with E-state index in [-0.39, 0.29) is 25.7 Å². The molecule has 19 heteroatoms. The van der Waals surface area contributed by atoms with Gasteiger partial charge in [0.1, 0.15) is 19.3 Å². The maximum atomic E-state index is 13.1. The third-order valence-electron chi connectivity index (χ3n) is 18.5. The van der Waals surface area contributed by atoms with Crippen molar-refractivity contribution >= 4 is 39.5 Å². The van der Waals surface area contributed by atoms with Crippen molar-refractivity contribution in [1.82, 2.24) is 0 Å². The molecule has 0 rings (SSSR count). The molecule has 3 N–H and O–H groups in total. The highest BCUT2D eigenvalue weighted by Gasteiger charge is 2.30. The van der Waals surface area contributed by atoms with Crippen molar-refractivity contribution in [2.24, 2.45) is 5.92 Å². The van der Waals surface area contributed by atoms with Gasteiger partial charge in [-0.3, -0.25) is 37.3 Å². The Bertz CT molecular complexity index is 1870. The van der Waals surface area contributed by atoms with Crippen LogP contribution in [0.1, 0.15) is 420 Å². The summed E-state index contributed by atoms with van der Waals surface area (Å²) in [6, 6.07) is 0. The van der Waals surface area contributed by atoms with E-state index in [4.69, 9.17) is 37.0 Å². The van der Waals surface area contributed by atoms with E-state index in [1.54, 1.807) is 0 Å². The Kier molecular flexibility index (Phi) is 70.6. The average Bonchev–Trinajstić information content (AvgIpc) is 1.13. The van der Waals surface area contributed by atoms with Crippen LogP contribution in [0.5, 0.6) is 0 Å². The molecule has 2 unspecified atom stereocenters. The van der Waals surface area contributed by atoms with E-state index in [1.165, 1.54) is 231 Å². The molecule has 0 bridgehead atoms. The van der Waals surface area contributed by atoms with Gasteiger partial charge in [-0.15, -0.1) is 0 Å². The van der Waals surface area contributed by atoms with Crippen LogP contribution in [-0.4, -0.2) is 96.7 Å². The lowest BCUT2D eigenvalue weighted by Gasteiger charge is -2.21. The number of phosphoric acid groups is 2. The summed E-state index contributed by atoms with van der Waals surface area (Å²) in [4.78, 5) is 72.8. The summed E-state index contributed by atoms with van der Waals surface area (Å²) in [6.07, 6.45) is 62.7. The lowest BCUT2D eigenvalue weighted by Crippen LogP contribution is -2.30. The van der Waals surface area contributed by atoms with Gasteiger partial charge >= 0.3 is 39.5 Å². The molecule has 0 amide bonds. The van der Waals surface area contributed by atoms with Crippen LogP contribution in [-0.2, 0) is 65.4 Å². The van der Waals surface area contributed by atoms with E-state index in [0.717, 1.165) is 109 Å². The summed E-state index contributed by atoms with van der Waals surface area (Å²) in [5.74, 6) is -1.36. The van der Waals surface area contributed by atoms with Gasteiger partial charge in [-0.2, -0.15) is 0 Å². The normalized spacial score (nSPS) is 13.9. The van der Waals surface area contributed by atoms with Gasteiger partial charge in [-0.05, 0) is 31.6 Å². The molecular formula is C79H154O17P2. The molecule has 0 aliphatic rings. The second-order valence-corrected chi connectivity index (χ2v) is 31.8. The summed E-state index contributed by atoms with van der Waals surface area (Å²) < 4.78 is 68.5. The van der Waals surface area contributed by atoms with Crippen molar-refractivity contribution < 1.29 is 80.2 Å². The number of hydrogen-bond acceptors (Lipinski definition) is 15. The Morgan fingerprint density at radius 2 is 0.469 bits per heavy atom. The lowest BCUT2D eigenvalue weighted by atomic mass is 10.0. The van der Waals surface area contributed by atoms with Gasteiger partial charge in [0.2, 0.25) is 0 Å². The van der Waals surface area contributed by atoms with Crippen LogP contribution in [0.3, 0.4) is 0 Å². The zero-order valence-corrected chi connectivity index (χ0v) is 65.7. The highest BCUT2D eigenvalue weighted by molar-refractivity contribution is 7.47. The summed E-state index contributed by atoms with van der Waals surface area (Å²) in [5.41, 5.74) is 0. The van der Waals surface area contributed by atoms with Crippen LogP contribution >= 0.6 is 15.6 Å². The Morgan fingerprint density at radius 3 is 0.694 bits per heavy atom. The molecule has 582 valence electrons. The van der Waals surface area contributed by atoms with E-state index >= 15 is 0 Å². The van der Waals surface area contributed by atoms with Crippen molar-refractivity contribution in [2.75, 3.05) is 39.6 Å². The molecule has 0 aliphatic heterocycles. The van der Waals surface area contributed by atoms with Crippen LogP contribution in [0.2, 0.25) is 0 Å². The number of esters is 4. The number of hydrogen-bond donors (Lipinski definition) is 3. The first kappa shape index (κ1) is 96.1. The Balaban J connectivity index is 5.17. The predicted molar refractivity (Wildman–Crippen MR) is 400 cm³/mol. The van der Waals surface area contributed by atoms with Gasteiger partial charge in [0, 0.05) is 25.7 Å². The topological polar surface area (TPSA) is 237 Å². The fraction of sp³-hybridized carbons (Fsp3) is 0.949. The van der Waals surface area contributed by atoms with Gasteiger partial charge in [-0.25, -0.2) is 9.13 Å². The number of rotatable bonds is 79. The van der Waals surface area contributed by atoms with Gasteiger partial charge in [0.15, 0.2) is 12.2 Å². The quantitative estimate of drug-likeness (QED) is 0.0222. The van der Waals surface area contributed by atoms with Crippen LogP contribution in [0.15, 0.2) is 0 Å². The van der Waals surface area contributed by atoms with E-state index in [2.05, 4.69) is 34.6 Å². The van der Waals surface area contributed by atoms with Crippen LogP contribution in [0.4, 0.5) is 0 Å². The van der Waals surface area contributed by atoms with Gasteiger partial charge < -0.3 is 33.8 Å². The largest absolute Gasteiger partial charge is 0.472 e. The minimum absolute atomic E-state index is 0.106.